The summed E-state index contributed by atoms with van der Waals surface area (Å²) in [6, 6.07) is 9.45. The van der Waals surface area contributed by atoms with E-state index in [1.54, 1.807) is 12.1 Å². The van der Waals surface area contributed by atoms with Crippen molar-refractivity contribution in [1.82, 2.24) is 5.32 Å². The van der Waals surface area contributed by atoms with E-state index in [0.29, 0.717) is 23.5 Å². The van der Waals surface area contributed by atoms with Gasteiger partial charge in [-0.25, -0.2) is 4.79 Å². The lowest BCUT2D eigenvalue weighted by molar-refractivity contribution is 0.151. The molecule has 3 unspecified atom stereocenters. The molecule has 3 atom stereocenters. The molecule has 0 aromatic heterocycles. The zero-order valence-electron chi connectivity index (χ0n) is 12.6. The zero-order valence-corrected chi connectivity index (χ0v) is 12.6. The summed E-state index contributed by atoms with van der Waals surface area (Å²) in [5.41, 5.74) is 0. The van der Waals surface area contributed by atoms with Crippen molar-refractivity contribution in [1.29, 1.82) is 0 Å². The largest absolute Gasteiger partial charge is 0.412 e. The van der Waals surface area contributed by atoms with Gasteiger partial charge >= 0.3 is 6.09 Å². The van der Waals surface area contributed by atoms with Crippen LogP contribution in [0.2, 0.25) is 0 Å². The van der Waals surface area contributed by atoms with Gasteiger partial charge in [0.15, 0.2) is 0 Å². The molecule has 3 nitrogen and oxygen atoms in total. The van der Waals surface area contributed by atoms with E-state index in [-0.39, 0.29) is 12.1 Å². The van der Waals surface area contributed by atoms with Crippen LogP contribution >= 0.6 is 0 Å². The summed E-state index contributed by atoms with van der Waals surface area (Å²) in [7, 11) is 0. The van der Waals surface area contributed by atoms with Crippen LogP contribution in [0, 0.1) is 17.8 Å². The minimum absolute atomic E-state index is 0.231. The molecule has 1 aromatic rings. The molecule has 110 valence electrons. The standard InChI is InChI=1S/C17H25NO2/c1-12(2)15-10-9-13(3)11-16(15)18-17(19)20-14-7-5-4-6-8-14/h4-8,12-13,15-16H,9-11H2,1-3H3,(H,18,19). The van der Waals surface area contributed by atoms with Crippen LogP contribution in [0.25, 0.3) is 0 Å². The van der Waals surface area contributed by atoms with Crippen molar-refractivity contribution in [2.24, 2.45) is 17.8 Å². The van der Waals surface area contributed by atoms with Crippen LogP contribution in [0.4, 0.5) is 4.79 Å². The van der Waals surface area contributed by atoms with Gasteiger partial charge in [0.1, 0.15) is 5.75 Å². The molecule has 1 aliphatic carbocycles. The second-order valence-corrected chi connectivity index (χ2v) is 6.28. The SMILES string of the molecule is CC1CCC(C(C)C)C(NC(=O)Oc2ccccc2)C1. The van der Waals surface area contributed by atoms with Crippen LogP contribution in [0.15, 0.2) is 30.3 Å². The quantitative estimate of drug-likeness (QED) is 0.896. The van der Waals surface area contributed by atoms with Crippen molar-refractivity contribution in [2.45, 2.75) is 46.1 Å². The molecular formula is C17H25NO2. The van der Waals surface area contributed by atoms with Crippen molar-refractivity contribution < 1.29 is 9.53 Å². The van der Waals surface area contributed by atoms with Crippen LogP contribution in [-0.2, 0) is 0 Å². The van der Waals surface area contributed by atoms with Gasteiger partial charge in [0, 0.05) is 6.04 Å². The van der Waals surface area contributed by atoms with Gasteiger partial charge in [-0.1, -0.05) is 45.4 Å². The number of rotatable bonds is 3. The van der Waals surface area contributed by atoms with Crippen LogP contribution in [0.1, 0.15) is 40.0 Å². The van der Waals surface area contributed by atoms with Crippen LogP contribution in [0.3, 0.4) is 0 Å². The van der Waals surface area contributed by atoms with Crippen molar-refractivity contribution in [3.8, 4) is 5.75 Å². The van der Waals surface area contributed by atoms with Crippen molar-refractivity contribution in [2.75, 3.05) is 0 Å². The van der Waals surface area contributed by atoms with Crippen molar-refractivity contribution >= 4 is 6.09 Å². The average molecular weight is 275 g/mol. The Balaban J connectivity index is 1.94. The highest BCUT2D eigenvalue weighted by Crippen LogP contribution is 2.33. The fourth-order valence-corrected chi connectivity index (χ4v) is 3.14. The first kappa shape index (κ1) is 14.9. The molecule has 1 saturated carbocycles. The number of benzene rings is 1. The maximum absolute atomic E-state index is 12.0. The number of hydrogen-bond acceptors (Lipinski definition) is 2. The molecule has 0 spiro atoms. The van der Waals surface area contributed by atoms with E-state index >= 15 is 0 Å². The smallest absolute Gasteiger partial charge is 0.410 e. The third kappa shape index (κ3) is 3.99. The maximum Gasteiger partial charge on any atom is 0.412 e. The second-order valence-electron chi connectivity index (χ2n) is 6.28. The Kier molecular flexibility index (Phi) is 5.05. The molecule has 0 bridgehead atoms. The Bertz CT molecular complexity index is 430. The van der Waals surface area contributed by atoms with Crippen molar-refractivity contribution in [3.05, 3.63) is 30.3 Å². The van der Waals surface area contributed by atoms with Gasteiger partial charge < -0.3 is 10.1 Å². The van der Waals surface area contributed by atoms with E-state index in [1.165, 1.54) is 12.8 Å². The van der Waals surface area contributed by atoms with Crippen molar-refractivity contribution in [3.63, 3.8) is 0 Å². The molecule has 20 heavy (non-hydrogen) atoms. The van der Waals surface area contributed by atoms with Crippen LogP contribution in [0.5, 0.6) is 5.75 Å². The molecule has 0 radical (unpaired) electrons. The molecule has 0 heterocycles. The van der Waals surface area contributed by atoms with Gasteiger partial charge in [0.05, 0.1) is 0 Å². The van der Waals surface area contributed by atoms with Gasteiger partial charge in [-0.05, 0) is 42.7 Å². The second kappa shape index (κ2) is 6.78. The summed E-state index contributed by atoms with van der Waals surface area (Å²) in [5, 5.41) is 3.07. The normalized spacial score (nSPS) is 26.3. The molecule has 1 N–H and O–H groups in total. The third-order valence-electron chi connectivity index (χ3n) is 4.28. The first-order valence-electron chi connectivity index (χ1n) is 7.59. The average Bonchev–Trinajstić information content (AvgIpc) is 2.39. The number of carbonyl (C=O) groups is 1. The third-order valence-corrected chi connectivity index (χ3v) is 4.28. The fourth-order valence-electron chi connectivity index (χ4n) is 3.14. The summed E-state index contributed by atoms with van der Waals surface area (Å²) in [6.45, 7) is 6.73. The van der Waals surface area contributed by atoms with E-state index < -0.39 is 0 Å². The highest BCUT2D eigenvalue weighted by Gasteiger charge is 2.32. The number of amides is 1. The van der Waals surface area contributed by atoms with Crippen LogP contribution < -0.4 is 10.1 Å². The number of carbonyl (C=O) groups excluding carboxylic acids is 1. The van der Waals surface area contributed by atoms with Crippen LogP contribution in [-0.4, -0.2) is 12.1 Å². The van der Waals surface area contributed by atoms with E-state index in [9.17, 15) is 4.79 Å². The summed E-state index contributed by atoms with van der Waals surface area (Å²) in [5.74, 6) is 2.40. The molecule has 1 fully saturated rings. The zero-order chi connectivity index (χ0) is 14.5. The van der Waals surface area contributed by atoms with Gasteiger partial charge in [-0.2, -0.15) is 0 Å². The van der Waals surface area contributed by atoms with E-state index in [1.807, 2.05) is 18.2 Å². The number of hydrogen-bond donors (Lipinski definition) is 1. The predicted molar refractivity (Wildman–Crippen MR) is 80.7 cm³/mol. The highest BCUT2D eigenvalue weighted by molar-refractivity contribution is 5.70. The molecule has 0 saturated heterocycles. The summed E-state index contributed by atoms with van der Waals surface area (Å²) in [4.78, 5) is 12.0. The summed E-state index contributed by atoms with van der Waals surface area (Å²) < 4.78 is 5.33. The Labute approximate surface area is 121 Å². The van der Waals surface area contributed by atoms with E-state index in [2.05, 4.69) is 26.1 Å². The Morgan fingerprint density at radius 1 is 1.25 bits per heavy atom. The number of para-hydroxylation sites is 1. The Hall–Kier alpha value is -1.51. The highest BCUT2D eigenvalue weighted by atomic mass is 16.6. The lowest BCUT2D eigenvalue weighted by atomic mass is 9.74. The van der Waals surface area contributed by atoms with E-state index in [0.717, 1.165) is 6.42 Å². The predicted octanol–water partition coefficient (Wildman–Crippen LogP) is 4.24. The minimum atomic E-state index is -0.332. The van der Waals surface area contributed by atoms with Gasteiger partial charge in [0.25, 0.3) is 0 Å². The molecule has 1 aliphatic rings. The molecule has 1 amide bonds. The minimum Gasteiger partial charge on any atom is -0.410 e. The lowest BCUT2D eigenvalue weighted by Crippen LogP contribution is -2.46. The van der Waals surface area contributed by atoms with E-state index in [4.69, 9.17) is 4.74 Å². The molecule has 2 rings (SSSR count). The number of ether oxygens (including phenoxy) is 1. The monoisotopic (exact) mass is 275 g/mol. The fraction of sp³-hybridized carbons (Fsp3) is 0.588. The topological polar surface area (TPSA) is 38.3 Å². The summed E-state index contributed by atoms with van der Waals surface area (Å²) in [6.07, 6.45) is 3.16. The Morgan fingerprint density at radius 3 is 2.60 bits per heavy atom. The van der Waals surface area contributed by atoms with Gasteiger partial charge in [0.2, 0.25) is 0 Å². The molecule has 0 aliphatic heterocycles. The van der Waals surface area contributed by atoms with Gasteiger partial charge in [-0.15, -0.1) is 0 Å². The molecular weight excluding hydrogens is 250 g/mol. The Morgan fingerprint density at radius 2 is 1.95 bits per heavy atom. The first-order chi connectivity index (χ1) is 9.56. The molecule has 3 heteroatoms. The lowest BCUT2D eigenvalue weighted by Gasteiger charge is -2.37. The summed E-state index contributed by atoms with van der Waals surface area (Å²) >= 11 is 0. The number of nitrogens with one attached hydrogen (secondary N) is 1. The first-order valence-corrected chi connectivity index (χ1v) is 7.59. The maximum atomic E-state index is 12.0. The van der Waals surface area contributed by atoms with Gasteiger partial charge in [-0.3, -0.25) is 0 Å². The molecule has 1 aromatic carbocycles.